The van der Waals surface area contributed by atoms with Gasteiger partial charge in [0.05, 0.1) is 5.56 Å². The molecule has 0 radical (unpaired) electrons. The van der Waals surface area contributed by atoms with Crippen LogP contribution in [0.5, 0.6) is 0 Å². The van der Waals surface area contributed by atoms with Gasteiger partial charge in [-0.25, -0.2) is 0 Å². The largest absolute Gasteiger partial charge is 0.358 e. The zero-order valence-electron chi connectivity index (χ0n) is 11.5. The van der Waals surface area contributed by atoms with Crippen LogP contribution in [0.2, 0.25) is 0 Å². The molecule has 0 saturated heterocycles. The number of hydrogen-bond donors (Lipinski definition) is 1. The predicted molar refractivity (Wildman–Crippen MR) is 75.2 cm³/mol. The zero-order valence-corrected chi connectivity index (χ0v) is 11.5. The Hall–Kier alpha value is -2.41. The number of pyridine rings is 1. The van der Waals surface area contributed by atoms with Gasteiger partial charge >= 0.3 is 0 Å². The maximum absolute atomic E-state index is 12.2. The second-order valence-corrected chi connectivity index (χ2v) is 6.05. The van der Waals surface area contributed by atoms with E-state index >= 15 is 0 Å². The van der Waals surface area contributed by atoms with E-state index in [9.17, 15) is 4.79 Å². The minimum Gasteiger partial charge on any atom is -0.358 e. The molecule has 2 heterocycles. The molecule has 0 atom stereocenters. The van der Waals surface area contributed by atoms with E-state index in [1.807, 2.05) is 6.07 Å². The lowest BCUT2D eigenvalue weighted by Crippen LogP contribution is -2.26. The fraction of sp³-hybridized carbons (Fsp3) is 0.312. The molecule has 0 amide bonds. The second kappa shape index (κ2) is 4.31. The predicted octanol–water partition coefficient (Wildman–Crippen LogP) is 3.10. The molecular formula is C16H15N3O. The molecule has 2 aromatic heterocycles. The van der Waals surface area contributed by atoms with Crippen molar-refractivity contribution in [3.63, 3.8) is 0 Å². The Kier molecular flexibility index (Phi) is 2.72. The van der Waals surface area contributed by atoms with Crippen LogP contribution in [-0.2, 0) is 6.42 Å². The number of carbonyl (C=O) groups excluding carboxylic acids is 1. The Morgan fingerprint density at radius 1 is 1.35 bits per heavy atom. The van der Waals surface area contributed by atoms with Crippen LogP contribution in [0.3, 0.4) is 0 Å². The van der Waals surface area contributed by atoms with Gasteiger partial charge in [-0.3, -0.25) is 9.78 Å². The van der Waals surface area contributed by atoms with Crippen molar-refractivity contribution in [3.8, 4) is 17.3 Å². The van der Waals surface area contributed by atoms with Crippen LogP contribution >= 0.6 is 0 Å². The molecule has 100 valence electrons. The number of nitrogens with one attached hydrogen (secondary N) is 1. The summed E-state index contributed by atoms with van der Waals surface area (Å²) in [7, 11) is 0. The van der Waals surface area contributed by atoms with E-state index in [-0.39, 0.29) is 11.2 Å². The number of nitrogens with zero attached hydrogens (tertiary/aromatic N) is 2. The molecule has 0 spiro atoms. The van der Waals surface area contributed by atoms with E-state index in [0.29, 0.717) is 12.0 Å². The monoisotopic (exact) mass is 265 g/mol. The highest BCUT2D eigenvalue weighted by atomic mass is 16.1. The molecule has 0 aliphatic heterocycles. The maximum atomic E-state index is 12.2. The first-order chi connectivity index (χ1) is 9.50. The molecular weight excluding hydrogens is 250 g/mol. The van der Waals surface area contributed by atoms with Crippen LogP contribution in [0.1, 0.15) is 41.9 Å². The summed E-state index contributed by atoms with van der Waals surface area (Å²) in [6, 6.07) is 5.80. The third-order valence-corrected chi connectivity index (χ3v) is 3.73. The summed E-state index contributed by atoms with van der Waals surface area (Å²) in [5.41, 5.74) is 3.85. The van der Waals surface area contributed by atoms with Gasteiger partial charge < -0.3 is 4.98 Å². The third-order valence-electron chi connectivity index (χ3n) is 3.73. The molecule has 1 aliphatic carbocycles. The van der Waals surface area contributed by atoms with Crippen LogP contribution in [0, 0.1) is 16.7 Å². The SMILES string of the molecule is CC1(C)CC(=O)c2cc(-c3ccncc3C#N)[nH]c2C1. The van der Waals surface area contributed by atoms with Crippen molar-refractivity contribution in [2.75, 3.05) is 0 Å². The highest BCUT2D eigenvalue weighted by Gasteiger charge is 2.32. The molecule has 0 aromatic carbocycles. The van der Waals surface area contributed by atoms with Gasteiger partial charge in [0.2, 0.25) is 0 Å². The Labute approximate surface area is 117 Å². The van der Waals surface area contributed by atoms with Crippen LogP contribution in [0.15, 0.2) is 24.5 Å². The molecule has 0 bridgehead atoms. The molecule has 1 aliphatic rings. The number of nitriles is 1. The van der Waals surface area contributed by atoms with Crippen molar-refractivity contribution in [2.24, 2.45) is 5.41 Å². The first-order valence-corrected chi connectivity index (χ1v) is 6.60. The van der Waals surface area contributed by atoms with E-state index in [4.69, 9.17) is 5.26 Å². The number of hydrogen-bond acceptors (Lipinski definition) is 3. The van der Waals surface area contributed by atoms with Gasteiger partial charge in [-0.15, -0.1) is 0 Å². The van der Waals surface area contributed by atoms with Crippen LogP contribution in [0.25, 0.3) is 11.3 Å². The van der Waals surface area contributed by atoms with Gasteiger partial charge in [0.25, 0.3) is 0 Å². The van der Waals surface area contributed by atoms with Crippen molar-refractivity contribution in [2.45, 2.75) is 26.7 Å². The van der Waals surface area contributed by atoms with Gasteiger partial charge in [-0.05, 0) is 24.0 Å². The normalized spacial score (nSPS) is 16.6. The quantitative estimate of drug-likeness (QED) is 0.861. The fourth-order valence-electron chi connectivity index (χ4n) is 2.82. The molecule has 1 N–H and O–H groups in total. The smallest absolute Gasteiger partial charge is 0.165 e. The molecule has 2 aromatic rings. The summed E-state index contributed by atoms with van der Waals surface area (Å²) in [6.07, 6.45) is 4.61. The number of aromatic nitrogens is 2. The topological polar surface area (TPSA) is 69.5 Å². The third kappa shape index (κ3) is 2.01. The van der Waals surface area contributed by atoms with Gasteiger partial charge in [0, 0.05) is 41.3 Å². The number of rotatable bonds is 1. The lowest BCUT2D eigenvalue weighted by molar-refractivity contribution is 0.0912. The molecule has 4 heteroatoms. The standard InChI is InChI=1S/C16H15N3O/c1-16(2)6-14-12(15(20)7-16)5-13(19-14)11-3-4-18-9-10(11)8-17/h3-5,9,19H,6-7H2,1-2H3. The first kappa shape index (κ1) is 12.6. The second-order valence-electron chi connectivity index (χ2n) is 6.05. The summed E-state index contributed by atoms with van der Waals surface area (Å²) in [6.45, 7) is 4.20. The molecule has 20 heavy (non-hydrogen) atoms. The highest BCUT2D eigenvalue weighted by molar-refractivity contribution is 6.00. The van der Waals surface area contributed by atoms with Gasteiger partial charge in [-0.1, -0.05) is 13.8 Å². The number of H-pyrrole nitrogens is 1. The molecule has 0 unspecified atom stereocenters. The van der Waals surface area contributed by atoms with E-state index in [0.717, 1.165) is 28.9 Å². The average Bonchev–Trinajstić information content (AvgIpc) is 2.81. The van der Waals surface area contributed by atoms with Crippen molar-refractivity contribution < 1.29 is 4.79 Å². The molecule has 0 fully saturated rings. The molecule has 0 saturated carbocycles. The van der Waals surface area contributed by atoms with E-state index < -0.39 is 0 Å². The Bertz CT molecular complexity index is 734. The number of fused-ring (bicyclic) bond motifs is 1. The van der Waals surface area contributed by atoms with E-state index in [2.05, 4.69) is 29.9 Å². The lowest BCUT2D eigenvalue weighted by Gasteiger charge is -2.27. The Balaban J connectivity index is 2.11. The molecule has 3 rings (SSSR count). The summed E-state index contributed by atoms with van der Waals surface area (Å²) in [4.78, 5) is 19.5. The number of ketones is 1. The van der Waals surface area contributed by atoms with Crippen LogP contribution < -0.4 is 0 Å². The lowest BCUT2D eigenvalue weighted by atomic mass is 9.76. The number of aromatic amines is 1. The maximum Gasteiger partial charge on any atom is 0.165 e. The summed E-state index contributed by atoms with van der Waals surface area (Å²) in [5, 5.41) is 9.15. The summed E-state index contributed by atoms with van der Waals surface area (Å²) < 4.78 is 0. The van der Waals surface area contributed by atoms with Crippen LogP contribution in [-0.4, -0.2) is 15.8 Å². The van der Waals surface area contributed by atoms with Crippen LogP contribution in [0.4, 0.5) is 0 Å². The van der Waals surface area contributed by atoms with Crippen molar-refractivity contribution in [1.29, 1.82) is 5.26 Å². The Morgan fingerprint density at radius 3 is 2.90 bits per heavy atom. The van der Waals surface area contributed by atoms with E-state index in [1.54, 1.807) is 18.5 Å². The van der Waals surface area contributed by atoms with Crippen molar-refractivity contribution in [3.05, 3.63) is 41.3 Å². The average molecular weight is 265 g/mol. The molecule has 4 nitrogen and oxygen atoms in total. The van der Waals surface area contributed by atoms with Crippen molar-refractivity contribution in [1.82, 2.24) is 9.97 Å². The summed E-state index contributed by atoms with van der Waals surface area (Å²) >= 11 is 0. The van der Waals surface area contributed by atoms with Gasteiger partial charge in [0.15, 0.2) is 5.78 Å². The van der Waals surface area contributed by atoms with E-state index in [1.165, 1.54) is 0 Å². The van der Waals surface area contributed by atoms with Gasteiger partial charge in [0.1, 0.15) is 6.07 Å². The van der Waals surface area contributed by atoms with Gasteiger partial charge in [-0.2, -0.15) is 5.26 Å². The van der Waals surface area contributed by atoms with Crippen molar-refractivity contribution >= 4 is 5.78 Å². The Morgan fingerprint density at radius 2 is 2.15 bits per heavy atom. The number of Topliss-reactive ketones (excluding diaryl/α,β-unsaturated/α-hetero) is 1. The minimum atomic E-state index is -0.0114. The minimum absolute atomic E-state index is 0.0114. The highest BCUT2D eigenvalue weighted by Crippen LogP contribution is 2.36. The zero-order chi connectivity index (χ0) is 14.3. The fourth-order valence-corrected chi connectivity index (χ4v) is 2.82. The number of carbonyl (C=O) groups is 1. The summed E-state index contributed by atoms with van der Waals surface area (Å²) in [5.74, 6) is 0.173. The first-order valence-electron chi connectivity index (χ1n) is 6.60.